The first kappa shape index (κ1) is 13.2. The molecule has 0 unspecified atom stereocenters. The third-order valence-corrected chi connectivity index (χ3v) is 3.10. The molecule has 0 saturated carbocycles. The largest absolute Gasteiger partial charge is 0.497 e. The SMILES string of the molecule is COc1ccc(OC)c(CCn2cccc2C=O)c1. The summed E-state index contributed by atoms with van der Waals surface area (Å²) in [4.78, 5) is 10.9. The average molecular weight is 259 g/mol. The highest BCUT2D eigenvalue weighted by Crippen LogP contribution is 2.24. The van der Waals surface area contributed by atoms with Crippen LogP contribution in [0.2, 0.25) is 0 Å². The van der Waals surface area contributed by atoms with Crippen molar-refractivity contribution >= 4 is 6.29 Å². The van der Waals surface area contributed by atoms with Crippen molar-refractivity contribution in [2.45, 2.75) is 13.0 Å². The van der Waals surface area contributed by atoms with Crippen LogP contribution in [0, 0.1) is 0 Å². The van der Waals surface area contributed by atoms with Crippen LogP contribution in [-0.4, -0.2) is 25.1 Å². The maximum atomic E-state index is 10.9. The van der Waals surface area contributed by atoms with Crippen LogP contribution in [0.1, 0.15) is 16.1 Å². The van der Waals surface area contributed by atoms with Crippen molar-refractivity contribution in [3.63, 3.8) is 0 Å². The Hall–Kier alpha value is -2.23. The lowest BCUT2D eigenvalue weighted by Gasteiger charge is -2.11. The molecule has 100 valence electrons. The van der Waals surface area contributed by atoms with Crippen LogP contribution in [0.3, 0.4) is 0 Å². The van der Waals surface area contributed by atoms with E-state index in [0.29, 0.717) is 5.69 Å². The van der Waals surface area contributed by atoms with E-state index in [1.54, 1.807) is 20.3 Å². The van der Waals surface area contributed by atoms with Crippen LogP contribution in [-0.2, 0) is 13.0 Å². The number of carbonyl (C=O) groups excluding carboxylic acids is 1. The molecule has 0 radical (unpaired) electrons. The molecule has 1 aromatic heterocycles. The van der Waals surface area contributed by atoms with E-state index >= 15 is 0 Å². The fraction of sp³-hybridized carbons (Fsp3) is 0.267. The third kappa shape index (κ3) is 2.96. The van der Waals surface area contributed by atoms with E-state index in [1.165, 1.54) is 0 Å². The first-order chi connectivity index (χ1) is 9.28. The zero-order valence-corrected chi connectivity index (χ0v) is 11.1. The Balaban J connectivity index is 2.16. The molecule has 2 aromatic rings. The molecule has 0 atom stereocenters. The Bertz CT molecular complexity index is 560. The van der Waals surface area contributed by atoms with Gasteiger partial charge in [0.15, 0.2) is 6.29 Å². The highest BCUT2D eigenvalue weighted by molar-refractivity contribution is 5.72. The number of ether oxygens (including phenoxy) is 2. The van der Waals surface area contributed by atoms with Gasteiger partial charge in [-0.2, -0.15) is 0 Å². The molecule has 0 bridgehead atoms. The zero-order valence-electron chi connectivity index (χ0n) is 11.1. The quantitative estimate of drug-likeness (QED) is 0.749. The van der Waals surface area contributed by atoms with Crippen LogP contribution in [0.15, 0.2) is 36.5 Å². The molecule has 0 fully saturated rings. The summed E-state index contributed by atoms with van der Waals surface area (Å²) < 4.78 is 12.5. The van der Waals surface area contributed by atoms with E-state index in [-0.39, 0.29) is 0 Å². The Morgan fingerprint density at radius 3 is 2.74 bits per heavy atom. The van der Waals surface area contributed by atoms with Crippen LogP contribution in [0.5, 0.6) is 11.5 Å². The van der Waals surface area contributed by atoms with Crippen LogP contribution in [0.4, 0.5) is 0 Å². The predicted molar refractivity (Wildman–Crippen MR) is 73.1 cm³/mol. The maximum absolute atomic E-state index is 10.9. The second-order valence-electron chi connectivity index (χ2n) is 4.17. The lowest BCUT2D eigenvalue weighted by Crippen LogP contribution is -2.05. The molecular formula is C15H17NO3. The number of carbonyl (C=O) groups is 1. The van der Waals surface area contributed by atoms with E-state index in [9.17, 15) is 4.79 Å². The Morgan fingerprint density at radius 1 is 1.21 bits per heavy atom. The first-order valence-electron chi connectivity index (χ1n) is 6.09. The Labute approximate surface area is 112 Å². The minimum Gasteiger partial charge on any atom is -0.497 e. The topological polar surface area (TPSA) is 40.5 Å². The van der Waals surface area contributed by atoms with Crippen molar-refractivity contribution < 1.29 is 14.3 Å². The number of aldehydes is 1. The number of nitrogens with zero attached hydrogens (tertiary/aromatic N) is 1. The molecule has 0 aliphatic heterocycles. The molecule has 0 saturated heterocycles. The van der Waals surface area contributed by atoms with Crippen LogP contribution < -0.4 is 9.47 Å². The second-order valence-corrected chi connectivity index (χ2v) is 4.17. The molecule has 4 heteroatoms. The van der Waals surface area contributed by atoms with Gasteiger partial charge in [0.1, 0.15) is 11.5 Å². The van der Waals surface area contributed by atoms with Crippen molar-refractivity contribution in [1.82, 2.24) is 4.57 Å². The summed E-state index contributed by atoms with van der Waals surface area (Å²) in [6, 6.07) is 9.39. The number of benzene rings is 1. The molecule has 1 heterocycles. The molecular weight excluding hydrogens is 242 g/mol. The summed E-state index contributed by atoms with van der Waals surface area (Å²) in [5.41, 5.74) is 1.74. The third-order valence-electron chi connectivity index (χ3n) is 3.10. The predicted octanol–water partition coefficient (Wildman–Crippen LogP) is 2.56. The molecule has 0 amide bonds. The molecule has 0 spiro atoms. The van der Waals surface area contributed by atoms with Crippen LogP contribution >= 0.6 is 0 Å². The van der Waals surface area contributed by atoms with Crippen molar-refractivity contribution in [2.24, 2.45) is 0 Å². The van der Waals surface area contributed by atoms with E-state index in [2.05, 4.69) is 0 Å². The first-order valence-corrected chi connectivity index (χ1v) is 6.09. The summed E-state index contributed by atoms with van der Waals surface area (Å²) in [5, 5.41) is 0. The number of methoxy groups -OCH3 is 2. The number of rotatable bonds is 6. The van der Waals surface area contributed by atoms with Gasteiger partial charge >= 0.3 is 0 Å². The van der Waals surface area contributed by atoms with E-state index in [0.717, 1.165) is 36.3 Å². The zero-order chi connectivity index (χ0) is 13.7. The summed E-state index contributed by atoms with van der Waals surface area (Å²) in [6.45, 7) is 0.727. The average Bonchev–Trinajstić information content (AvgIpc) is 2.92. The number of aromatic nitrogens is 1. The monoisotopic (exact) mass is 259 g/mol. The minimum absolute atomic E-state index is 0.682. The van der Waals surface area contributed by atoms with Gasteiger partial charge in [-0.1, -0.05) is 0 Å². The summed E-state index contributed by atoms with van der Waals surface area (Å²) in [6.07, 6.45) is 3.54. The number of aryl methyl sites for hydroxylation is 2. The minimum atomic E-state index is 0.682. The summed E-state index contributed by atoms with van der Waals surface area (Å²) >= 11 is 0. The van der Waals surface area contributed by atoms with Gasteiger partial charge in [0.05, 0.1) is 19.9 Å². The standard InChI is InChI=1S/C15H17NO3/c1-18-14-5-6-15(19-2)12(10-14)7-9-16-8-3-4-13(16)11-17/h3-6,8,10-11H,7,9H2,1-2H3. The highest BCUT2D eigenvalue weighted by atomic mass is 16.5. The van der Waals surface area contributed by atoms with Crippen LogP contribution in [0.25, 0.3) is 0 Å². The van der Waals surface area contributed by atoms with Gasteiger partial charge in [-0.15, -0.1) is 0 Å². The van der Waals surface area contributed by atoms with Gasteiger partial charge in [-0.05, 0) is 42.3 Å². The van der Waals surface area contributed by atoms with Gasteiger partial charge in [0.25, 0.3) is 0 Å². The van der Waals surface area contributed by atoms with Crippen molar-refractivity contribution in [3.05, 3.63) is 47.8 Å². The Kier molecular flexibility index (Phi) is 4.23. The number of hydrogen-bond donors (Lipinski definition) is 0. The fourth-order valence-corrected chi connectivity index (χ4v) is 2.06. The molecule has 4 nitrogen and oxygen atoms in total. The van der Waals surface area contributed by atoms with Gasteiger partial charge in [-0.3, -0.25) is 4.79 Å². The van der Waals surface area contributed by atoms with Gasteiger partial charge < -0.3 is 14.0 Å². The van der Waals surface area contributed by atoms with Crippen molar-refractivity contribution in [2.75, 3.05) is 14.2 Å². The smallest absolute Gasteiger partial charge is 0.166 e. The fourth-order valence-electron chi connectivity index (χ4n) is 2.06. The van der Waals surface area contributed by atoms with Gasteiger partial charge in [-0.25, -0.2) is 0 Å². The second kappa shape index (κ2) is 6.09. The van der Waals surface area contributed by atoms with E-state index in [1.807, 2.05) is 35.0 Å². The summed E-state index contributed by atoms with van der Waals surface area (Å²) in [5.74, 6) is 1.64. The van der Waals surface area contributed by atoms with E-state index in [4.69, 9.17) is 9.47 Å². The van der Waals surface area contributed by atoms with Gasteiger partial charge in [0.2, 0.25) is 0 Å². The highest BCUT2D eigenvalue weighted by Gasteiger charge is 2.06. The lowest BCUT2D eigenvalue weighted by molar-refractivity contribution is 0.111. The maximum Gasteiger partial charge on any atom is 0.166 e. The van der Waals surface area contributed by atoms with Gasteiger partial charge in [0, 0.05) is 12.7 Å². The lowest BCUT2D eigenvalue weighted by atomic mass is 10.1. The normalized spacial score (nSPS) is 10.2. The Morgan fingerprint density at radius 2 is 2.05 bits per heavy atom. The summed E-state index contributed by atoms with van der Waals surface area (Å²) in [7, 11) is 3.29. The molecule has 0 N–H and O–H groups in total. The number of hydrogen-bond acceptors (Lipinski definition) is 3. The molecule has 0 aliphatic rings. The molecule has 2 rings (SSSR count). The van der Waals surface area contributed by atoms with Crippen molar-refractivity contribution in [1.29, 1.82) is 0 Å². The molecule has 0 aliphatic carbocycles. The van der Waals surface area contributed by atoms with Crippen molar-refractivity contribution in [3.8, 4) is 11.5 Å². The van der Waals surface area contributed by atoms with E-state index < -0.39 is 0 Å². The molecule has 19 heavy (non-hydrogen) atoms. The molecule has 1 aromatic carbocycles.